The first-order valence-electron chi connectivity index (χ1n) is 11.3. The van der Waals surface area contributed by atoms with Gasteiger partial charge in [0.15, 0.2) is 5.96 Å². The molecule has 0 aromatic heterocycles. The van der Waals surface area contributed by atoms with Crippen molar-refractivity contribution in [3.05, 3.63) is 65.2 Å². The Morgan fingerprint density at radius 1 is 1.19 bits per heavy atom. The number of aryl methyl sites for hydroxylation is 1. The normalized spacial score (nSPS) is 16.7. The molecule has 0 aliphatic carbocycles. The maximum Gasteiger partial charge on any atom is 0.251 e. The van der Waals surface area contributed by atoms with Crippen LogP contribution in [0.15, 0.2) is 53.5 Å². The molecule has 1 aliphatic rings. The van der Waals surface area contributed by atoms with E-state index >= 15 is 0 Å². The summed E-state index contributed by atoms with van der Waals surface area (Å²) >= 11 is 0. The number of carbonyl (C=O) groups excluding carboxylic acids is 1. The lowest BCUT2D eigenvalue weighted by Crippen LogP contribution is -2.51. The van der Waals surface area contributed by atoms with Crippen LogP contribution in [0.3, 0.4) is 0 Å². The molecule has 0 radical (unpaired) electrons. The van der Waals surface area contributed by atoms with Gasteiger partial charge in [0.25, 0.3) is 5.91 Å². The SMILES string of the molecule is CCNC(=NCCc1cccc(C(=O)NC)c1)NC1CCCN(c2ccc(C)cc2)C1. The van der Waals surface area contributed by atoms with Crippen LogP contribution >= 0.6 is 0 Å². The third-order valence-corrected chi connectivity index (χ3v) is 5.59. The summed E-state index contributed by atoms with van der Waals surface area (Å²) in [4.78, 5) is 19.1. The van der Waals surface area contributed by atoms with E-state index in [-0.39, 0.29) is 5.91 Å². The zero-order chi connectivity index (χ0) is 22.1. The van der Waals surface area contributed by atoms with Crippen LogP contribution < -0.4 is 20.9 Å². The molecule has 2 aromatic rings. The summed E-state index contributed by atoms with van der Waals surface area (Å²) in [6.45, 7) is 7.77. The number of benzene rings is 2. The third kappa shape index (κ3) is 6.74. The Labute approximate surface area is 186 Å². The largest absolute Gasteiger partial charge is 0.369 e. The van der Waals surface area contributed by atoms with E-state index in [1.165, 1.54) is 11.3 Å². The van der Waals surface area contributed by atoms with E-state index in [9.17, 15) is 4.79 Å². The van der Waals surface area contributed by atoms with Gasteiger partial charge in [-0.05, 0) is 62.9 Å². The van der Waals surface area contributed by atoms with Gasteiger partial charge >= 0.3 is 0 Å². The first kappa shape index (κ1) is 22.7. The standard InChI is InChI=1S/C25H35N5O/c1-4-27-25(28-15-14-20-7-5-8-21(17-20)24(31)26-3)29-22-9-6-16-30(18-22)23-12-10-19(2)11-13-23/h5,7-8,10-13,17,22H,4,6,9,14-16,18H2,1-3H3,(H,26,31)(H2,27,28,29). The second kappa shape index (κ2) is 11.4. The summed E-state index contributed by atoms with van der Waals surface area (Å²) in [6.07, 6.45) is 3.10. The molecular formula is C25H35N5O. The van der Waals surface area contributed by atoms with E-state index in [1.54, 1.807) is 7.05 Å². The molecule has 6 nitrogen and oxygen atoms in total. The van der Waals surface area contributed by atoms with Crippen molar-refractivity contribution in [2.75, 3.05) is 38.1 Å². The Kier molecular flexibility index (Phi) is 8.33. The fourth-order valence-corrected chi connectivity index (χ4v) is 3.91. The number of hydrogen-bond acceptors (Lipinski definition) is 3. The van der Waals surface area contributed by atoms with Crippen molar-refractivity contribution in [1.29, 1.82) is 0 Å². The number of amides is 1. The van der Waals surface area contributed by atoms with Crippen molar-refractivity contribution < 1.29 is 4.79 Å². The monoisotopic (exact) mass is 421 g/mol. The molecule has 0 spiro atoms. The molecule has 6 heteroatoms. The van der Waals surface area contributed by atoms with Crippen LogP contribution in [0, 0.1) is 6.92 Å². The zero-order valence-corrected chi connectivity index (χ0v) is 18.9. The highest BCUT2D eigenvalue weighted by molar-refractivity contribution is 5.94. The molecule has 1 amide bonds. The molecule has 1 atom stereocenters. The number of rotatable bonds is 7. The van der Waals surface area contributed by atoms with E-state index in [2.05, 4.69) is 59.0 Å². The number of hydrogen-bond donors (Lipinski definition) is 3. The Hall–Kier alpha value is -3.02. The van der Waals surface area contributed by atoms with Crippen LogP contribution in [0.1, 0.15) is 41.3 Å². The highest BCUT2D eigenvalue weighted by Crippen LogP contribution is 2.20. The quantitative estimate of drug-likeness (QED) is 0.475. The van der Waals surface area contributed by atoms with E-state index in [4.69, 9.17) is 4.99 Å². The summed E-state index contributed by atoms with van der Waals surface area (Å²) in [5.41, 5.74) is 4.38. The summed E-state index contributed by atoms with van der Waals surface area (Å²) in [5, 5.41) is 9.67. The molecule has 2 aromatic carbocycles. The molecule has 3 rings (SSSR count). The van der Waals surface area contributed by atoms with Crippen LogP contribution in [-0.4, -0.2) is 51.1 Å². The molecule has 31 heavy (non-hydrogen) atoms. The number of nitrogens with zero attached hydrogens (tertiary/aromatic N) is 2. The second-order valence-corrected chi connectivity index (χ2v) is 8.06. The van der Waals surface area contributed by atoms with Crippen LogP contribution in [0.2, 0.25) is 0 Å². The summed E-state index contributed by atoms with van der Waals surface area (Å²) in [5.74, 6) is 0.802. The predicted molar refractivity (Wildman–Crippen MR) is 129 cm³/mol. The van der Waals surface area contributed by atoms with Gasteiger partial charge in [0.1, 0.15) is 0 Å². The van der Waals surface area contributed by atoms with Gasteiger partial charge in [-0.25, -0.2) is 0 Å². The molecule has 1 saturated heterocycles. The molecule has 166 valence electrons. The first-order valence-corrected chi connectivity index (χ1v) is 11.3. The third-order valence-electron chi connectivity index (χ3n) is 5.59. The van der Waals surface area contributed by atoms with Gasteiger partial charge in [-0.1, -0.05) is 29.8 Å². The molecule has 1 aliphatic heterocycles. The highest BCUT2D eigenvalue weighted by Gasteiger charge is 2.21. The highest BCUT2D eigenvalue weighted by atomic mass is 16.1. The minimum atomic E-state index is -0.0595. The first-order chi connectivity index (χ1) is 15.1. The number of piperidine rings is 1. The lowest BCUT2D eigenvalue weighted by Gasteiger charge is -2.35. The summed E-state index contributed by atoms with van der Waals surface area (Å²) < 4.78 is 0. The van der Waals surface area contributed by atoms with Crippen molar-refractivity contribution in [2.24, 2.45) is 4.99 Å². The lowest BCUT2D eigenvalue weighted by molar-refractivity contribution is 0.0963. The van der Waals surface area contributed by atoms with E-state index in [0.717, 1.165) is 50.4 Å². The Balaban J connectivity index is 1.58. The van der Waals surface area contributed by atoms with Crippen molar-refractivity contribution in [3.63, 3.8) is 0 Å². The van der Waals surface area contributed by atoms with Gasteiger partial charge in [0.2, 0.25) is 0 Å². The van der Waals surface area contributed by atoms with E-state index in [0.29, 0.717) is 18.2 Å². The smallest absolute Gasteiger partial charge is 0.251 e. The molecule has 1 heterocycles. The van der Waals surface area contributed by atoms with Gasteiger partial charge in [-0.15, -0.1) is 0 Å². The Morgan fingerprint density at radius 2 is 2.00 bits per heavy atom. The fourth-order valence-electron chi connectivity index (χ4n) is 3.91. The van der Waals surface area contributed by atoms with Gasteiger partial charge in [-0.2, -0.15) is 0 Å². The number of guanidine groups is 1. The molecule has 3 N–H and O–H groups in total. The molecular weight excluding hydrogens is 386 g/mol. The number of carbonyl (C=O) groups is 1. The molecule has 0 bridgehead atoms. The fraction of sp³-hybridized carbons (Fsp3) is 0.440. The summed E-state index contributed by atoms with van der Waals surface area (Å²) in [7, 11) is 1.65. The van der Waals surface area contributed by atoms with E-state index in [1.807, 2.05) is 24.3 Å². The summed E-state index contributed by atoms with van der Waals surface area (Å²) in [6, 6.07) is 16.9. The van der Waals surface area contributed by atoms with Gasteiger partial charge in [0.05, 0.1) is 0 Å². The minimum Gasteiger partial charge on any atom is -0.369 e. The van der Waals surface area contributed by atoms with Crippen molar-refractivity contribution in [1.82, 2.24) is 16.0 Å². The number of anilines is 1. The Bertz CT molecular complexity index is 878. The molecule has 1 unspecified atom stereocenters. The van der Waals surface area contributed by atoms with Crippen LogP contribution in [0.5, 0.6) is 0 Å². The maximum absolute atomic E-state index is 11.8. The second-order valence-electron chi connectivity index (χ2n) is 8.06. The molecule has 1 fully saturated rings. The minimum absolute atomic E-state index is 0.0595. The van der Waals surface area contributed by atoms with Crippen LogP contribution in [0.4, 0.5) is 5.69 Å². The number of aliphatic imine (C=N–C) groups is 1. The lowest BCUT2D eigenvalue weighted by atomic mass is 10.0. The van der Waals surface area contributed by atoms with Gasteiger partial charge < -0.3 is 20.9 Å². The maximum atomic E-state index is 11.8. The van der Waals surface area contributed by atoms with E-state index < -0.39 is 0 Å². The van der Waals surface area contributed by atoms with Gasteiger partial charge in [-0.3, -0.25) is 9.79 Å². The van der Waals surface area contributed by atoms with Crippen molar-refractivity contribution >= 4 is 17.6 Å². The number of nitrogens with one attached hydrogen (secondary N) is 3. The molecule has 0 saturated carbocycles. The van der Waals surface area contributed by atoms with Crippen LogP contribution in [-0.2, 0) is 6.42 Å². The van der Waals surface area contributed by atoms with Crippen molar-refractivity contribution in [2.45, 2.75) is 39.2 Å². The van der Waals surface area contributed by atoms with Crippen LogP contribution in [0.25, 0.3) is 0 Å². The zero-order valence-electron chi connectivity index (χ0n) is 18.9. The average Bonchev–Trinajstić information content (AvgIpc) is 2.79. The van der Waals surface area contributed by atoms with Crippen molar-refractivity contribution in [3.8, 4) is 0 Å². The Morgan fingerprint density at radius 3 is 2.74 bits per heavy atom. The average molecular weight is 422 g/mol. The van der Waals surface area contributed by atoms with Gasteiger partial charge in [0, 0.05) is 50.5 Å². The topological polar surface area (TPSA) is 68.8 Å². The predicted octanol–water partition coefficient (Wildman–Crippen LogP) is 3.12.